The Labute approximate surface area is 105 Å². The van der Waals surface area contributed by atoms with Crippen molar-refractivity contribution >= 4 is 17.7 Å². The number of carbonyl (C=O) groups is 1. The van der Waals surface area contributed by atoms with Crippen LogP contribution in [0.25, 0.3) is 0 Å². The number of thioether (sulfide) groups is 1. The predicted octanol–water partition coefficient (Wildman–Crippen LogP) is 0.0928. The van der Waals surface area contributed by atoms with Gasteiger partial charge in [0.1, 0.15) is 0 Å². The van der Waals surface area contributed by atoms with Gasteiger partial charge in [0.05, 0.1) is 18.0 Å². The van der Waals surface area contributed by atoms with Gasteiger partial charge in [0, 0.05) is 6.07 Å². The van der Waals surface area contributed by atoms with E-state index in [4.69, 9.17) is 9.63 Å². The Balaban J connectivity index is 2.18. The first kappa shape index (κ1) is 12.4. The summed E-state index contributed by atoms with van der Waals surface area (Å²) in [6.07, 6.45) is 0. The van der Waals surface area contributed by atoms with Gasteiger partial charge in [0.15, 0.2) is 10.9 Å². The number of nitrogens with one attached hydrogen (secondary N) is 1. The van der Waals surface area contributed by atoms with Crippen molar-refractivity contribution in [2.24, 2.45) is 0 Å². The van der Waals surface area contributed by atoms with E-state index in [9.17, 15) is 9.59 Å². The third-order valence-electron chi connectivity index (χ3n) is 2.04. The zero-order chi connectivity index (χ0) is 13.1. The average molecular weight is 270 g/mol. The van der Waals surface area contributed by atoms with Crippen LogP contribution in [0.4, 0.5) is 0 Å². The molecular formula is C9H10N4O4S. The Bertz CT molecular complexity index is 614. The highest BCUT2D eigenvalue weighted by Crippen LogP contribution is 2.14. The summed E-state index contributed by atoms with van der Waals surface area (Å²) in [7, 11) is 0. The fourth-order valence-corrected chi connectivity index (χ4v) is 1.99. The smallest absolute Gasteiger partial charge is 0.344 e. The SMILES string of the molecule is Cc1cc(Cn2c(SCC(=O)O)n[nH]c2=O)on1. The Morgan fingerprint density at radius 1 is 1.67 bits per heavy atom. The molecule has 0 unspecified atom stereocenters. The molecule has 0 saturated heterocycles. The molecule has 2 aromatic rings. The second-order valence-electron chi connectivity index (χ2n) is 3.51. The first-order valence-electron chi connectivity index (χ1n) is 4.98. The van der Waals surface area contributed by atoms with E-state index in [1.807, 2.05) is 0 Å². The van der Waals surface area contributed by atoms with Gasteiger partial charge in [-0.2, -0.15) is 0 Å². The molecule has 0 radical (unpaired) electrons. The number of aromatic nitrogens is 4. The zero-order valence-electron chi connectivity index (χ0n) is 9.41. The molecule has 2 aromatic heterocycles. The Morgan fingerprint density at radius 2 is 2.44 bits per heavy atom. The van der Waals surface area contributed by atoms with Gasteiger partial charge in [0.25, 0.3) is 0 Å². The third kappa shape index (κ3) is 2.80. The summed E-state index contributed by atoms with van der Waals surface area (Å²) < 4.78 is 6.30. The van der Waals surface area contributed by atoms with Crippen LogP contribution in [0.5, 0.6) is 0 Å². The molecule has 0 aliphatic carbocycles. The third-order valence-corrected chi connectivity index (χ3v) is 3.00. The summed E-state index contributed by atoms with van der Waals surface area (Å²) in [4.78, 5) is 22.0. The monoisotopic (exact) mass is 270 g/mol. The highest BCUT2D eigenvalue weighted by molar-refractivity contribution is 7.99. The molecule has 0 aliphatic heterocycles. The Hall–Kier alpha value is -2.03. The van der Waals surface area contributed by atoms with Crippen LogP contribution in [0.15, 0.2) is 20.5 Å². The zero-order valence-corrected chi connectivity index (χ0v) is 10.2. The van der Waals surface area contributed by atoms with Crippen molar-refractivity contribution in [2.75, 3.05) is 5.75 Å². The summed E-state index contributed by atoms with van der Waals surface area (Å²) in [5.41, 5.74) is 0.290. The van der Waals surface area contributed by atoms with Gasteiger partial charge in [-0.1, -0.05) is 16.9 Å². The second-order valence-corrected chi connectivity index (χ2v) is 4.46. The number of hydrogen-bond acceptors (Lipinski definition) is 6. The predicted molar refractivity (Wildman–Crippen MR) is 61.5 cm³/mol. The van der Waals surface area contributed by atoms with E-state index in [-0.39, 0.29) is 12.3 Å². The van der Waals surface area contributed by atoms with Crippen LogP contribution in [-0.4, -0.2) is 36.7 Å². The van der Waals surface area contributed by atoms with E-state index >= 15 is 0 Å². The molecule has 0 bridgehead atoms. The standard InChI is InChI=1S/C9H10N4O4S/c1-5-2-6(17-12-5)3-13-8(16)10-11-9(13)18-4-7(14)15/h2H,3-4H2,1H3,(H,10,16)(H,14,15). The van der Waals surface area contributed by atoms with Crippen LogP contribution in [0, 0.1) is 6.92 Å². The molecule has 0 fully saturated rings. The topological polar surface area (TPSA) is 114 Å². The van der Waals surface area contributed by atoms with Crippen molar-refractivity contribution in [1.29, 1.82) is 0 Å². The summed E-state index contributed by atoms with van der Waals surface area (Å²) in [5, 5.41) is 18.6. The van der Waals surface area contributed by atoms with E-state index in [2.05, 4.69) is 15.4 Å². The van der Waals surface area contributed by atoms with Gasteiger partial charge in [-0.3, -0.25) is 9.36 Å². The molecule has 0 aliphatic rings. The van der Waals surface area contributed by atoms with Crippen molar-refractivity contribution < 1.29 is 14.4 Å². The molecular weight excluding hydrogens is 260 g/mol. The van der Waals surface area contributed by atoms with Crippen LogP contribution in [0.3, 0.4) is 0 Å². The average Bonchev–Trinajstić information content (AvgIpc) is 2.85. The maximum absolute atomic E-state index is 11.5. The maximum atomic E-state index is 11.5. The van der Waals surface area contributed by atoms with Crippen LogP contribution >= 0.6 is 11.8 Å². The lowest BCUT2D eigenvalue weighted by molar-refractivity contribution is -0.133. The van der Waals surface area contributed by atoms with Crippen LogP contribution in [0.2, 0.25) is 0 Å². The minimum atomic E-state index is -0.975. The first-order valence-corrected chi connectivity index (χ1v) is 5.97. The van der Waals surface area contributed by atoms with E-state index in [1.165, 1.54) is 4.57 Å². The van der Waals surface area contributed by atoms with E-state index in [0.717, 1.165) is 11.8 Å². The number of aromatic amines is 1. The molecule has 2 N–H and O–H groups in total. The van der Waals surface area contributed by atoms with Gasteiger partial charge in [-0.25, -0.2) is 9.89 Å². The van der Waals surface area contributed by atoms with Gasteiger partial charge < -0.3 is 9.63 Å². The second kappa shape index (κ2) is 5.08. The van der Waals surface area contributed by atoms with Crippen molar-refractivity contribution in [3.8, 4) is 0 Å². The molecule has 0 saturated carbocycles. The minimum absolute atomic E-state index is 0.165. The van der Waals surface area contributed by atoms with Crippen molar-refractivity contribution in [2.45, 2.75) is 18.6 Å². The van der Waals surface area contributed by atoms with E-state index < -0.39 is 11.7 Å². The number of rotatable bonds is 5. The number of H-pyrrole nitrogens is 1. The molecule has 0 aromatic carbocycles. The number of nitrogens with zero attached hydrogens (tertiary/aromatic N) is 3. The van der Waals surface area contributed by atoms with E-state index in [1.54, 1.807) is 13.0 Å². The molecule has 18 heavy (non-hydrogen) atoms. The number of carboxylic acids is 1. The number of aryl methyl sites for hydroxylation is 1. The van der Waals surface area contributed by atoms with Gasteiger partial charge >= 0.3 is 11.7 Å². The van der Waals surface area contributed by atoms with Crippen molar-refractivity contribution in [3.05, 3.63) is 28.0 Å². The Kier molecular flexibility index (Phi) is 3.51. The Morgan fingerprint density at radius 3 is 3.06 bits per heavy atom. The molecule has 2 heterocycles. The first-order chi connectivity index (χ1) is 8.56. The largest absolute Gasteiger partial charge is 0.481 e. The highest BCUT2D eigenvalue weighted by Gasteiger charge is 2.13. The summed E-state index contributed by atoms with van der Waals surface area (Å²) in [5.74, 6) is -0.634. The highest BCUT2D eigenvalue weighted by atomic mass is 32.2. The van der Waals surface area contributed by atoms with Gasteiger partial charge in [0.2, 0.25) is 0 Å². The van der Waals surface area contributed by atoms with Crippen molar-refractivity contribution in [1.82, 2.24) is 19.9 Å². The van der Waals surface area contributed by atoms with Crippen LogP contribution in [-0.2, 0) is 11.3 Å². The maximum Gasteiger partial charge on any atom is 0.344 e. The van der Waals surface area contributed by atoms with Gasteiger partial charge in [-0.15, -0.1) is 5.10 Å². The lowest BCUT2D eigenvalue weighted by atomic mass is 10.4. The lowest BCUT2D eigenvalue weighted by Gasteiger charge is -2.00. The van der Waals surface area contributed by atoms with Crippen molar-refractivity contribution in [3.63, 3.8) is 0 Å². The molecule has 9 heteroatoms. The number of carboxylic acid groups (broad SMARTS) is 1. The quantitative estimate of drug-likeness (QED) is 0.740. The lowest BCUT2D eigenvalue weighted by Crippen LogP contribution is -2.18. The normalized spacial score (nSPS) is 10.7. The van der Waals surface area contributed by atoms with E-state index in [0.29, 0.717) is 16.6 Å². The molecule has 0 spiro atoms. The minimum Gasteiger partial charge on any atom is -0.481 e. The number of hydrogen-bond donors (Lipinski definition) is 2. The summed E-state index contributed by atoms with van der Waals surface area (Å²) in [6, 6.07) is 1.70. The summed E-state index contributed by atoms with van der Waals surface area (Å²) >= 11 is 0.961. The fraction of sp³-hybridized carbons (Fsp3) is 0.333. The molecule has 2 rings (SSSR count). The molecule has 0 amide bonds. The number of aliphatic carboxylic acids is 1. The molecule has 8 nitrogen and oxygen atoms in total. The fourth-order valence-electron chi connectivity index (χ4n) is 1.33. The van der Waals surface area contributed by atoms with Gasteiger partial charge in [-0.05, 0) is 6.92 Å². The molecule has 96 valence electrons. The molecule has 0 atom stereocenters. The van der Waals surface area contributed by atoms with Crippen LogP contribution < -0.4 is 5.69 Å². The van der Waals surface area contributed by atoms with Crippen LogP contribution in [0.1, 0.15) is 11.5 Å². The summed E-state index contributed by atoms with van der Waals surface area (Å²) in [6.45, 7) is 1.93.